The minimum atomic E-state index is -0.358. The first kappa shape index (κ1) is 17.8. The molecule has 1 atom stereocenters. The predicted molar refractivity (Wildman–Crippen MR) is 101 cm³/mol. The molecular formula is C18H26N2O2S2. The molecule has 1 aromatic heterocycles. The fourth-order valence-electron chi connectivity index (χ4n) is 3.23. The summed E-state index contributed by atoms with van der Waals surface area (Å²) < 4.78 is 0. The van der Waals surface area contributed by atoms with Gasteiger partial charge in [0, 0.05) is 16.2 Å². The maximum absolute atomic E-state index is 13.0. The molecule has 1 aliphatic heterocycles. The van der Waals surface area contributed by atoms with Crippen molar-refractivity contribution in [1.29, 1.82) is 0 Å². The van der Waals surface area contributed by atoms with Crippen LogP contribution in [0.1, 0.15) is 60.1 Å². The first-order valence-electron chi connectivity index (χ1n) is 8.67. The zero-order valence-corrected chi connectivity index (χ0v) is 16.3. The van der Waals surface area contributed by atoms with E-state index in [2.05, 4.69) is 11.4 Å². The van der Waals surface area contributed by atoms with E-state index in [1.807, 2.05) is 20.8 Å². The Bertz CT molecular complexity index is 610. The van der Waals surface area contributed by atoms with Gasteiger partial charge in [0.2, 0.25) is 5.91 Å². The van der Waals surface area contributed by atoms with Gasteiger partial charge in [0.15, 0.2) is 0 Å². The van der Waals surface area contributed by atoms with Crippen molar-refractivity contribution in [2.24, 2.45) is 0 Å². The van der Waals surface area contributed by atoms with E-state index < -0.39 is 0 Å². The number of hydrogen-bond acceptors (Lipinski definition) is 4. The lowest BCUT2D eigenvalue weighted by molar-refractivity contribution is -0.125. The molecule has 0 spiro atoms. The van der Waals surface area contributed by atoms with Gasteiger partial charge >= 0.3 is 0 Å². The first-order valence-corrected chi connectivity index (χ1v) is 10.6. The second-order valence-corrected chi connectivity index (χ2v) is 9.79. The van der Waals surface area contributed by atoms with E-state index >= 15 is 0 Å². The Morgan fingerprint density at radius 2 is 1.96 bits per heavy atom. The third kappa shape index (κ3) is 3.97. The van der Waals surface area contributed by atoms with Gasteiger partial charge in [-0.3, -0.25) is 9.59 Å². The highest BCUT2D eigenvalue weighted by atomic mass is 32.2. The Kier molecular flexibility index (Phi) is 5.25. The SMILES string of the molecule is CC(C)(C)NC(=O)C1CSCN1C(=O)c1cc2c(s1)CCCCC2. The molecule has 6 heteroatoms. The highest BCUT2D eigenvalue weighted by Crippen LogP contribution is 2.32. The number of aryl methyl sites for hydroxylation is 2. The van der Waals surface area contributed by atoms with Crippen LogP contribution in [0.3, 0.4) is 0 Å². The summed E-state index contributed by atoms with van der Waals surface area (Å²) in [6, 6.07) is 1.72. The Labute approximate surface area is 152 Å². The number of amides is 2. The maximum Gasteiger partial charge on any atom is 0.265 e. The molecule has 0 bridgehead atoms. The fraction of sp³-hybridized carbons (Fsp3) is 0.667. The van der Waals surface area contributed by atoms with Crippen molar-refractivity contribution < 1.29 is 9.59 Å². The maximum atomic E-state index is 13.0. The molecule has 2 heterocycles. The van der Waals surface area contributed by atoms with Crippen LogP contribution in [-0.4, -0.2) is 39.9 Å². The van der Waals surface area contributed by atoms with Crippen molar-refractivity contribution in [3.05, 3.63) is 21.4 Å². The van der Waals surface area contributed by atoms with Crippen molar-refractivity contribution in [1.82, 2.24) is 10.2 Å². The summed E-state index contributed by atoms with van der Waals surface area (Å²) in [7, 11) is 0. The number of carbonyl (C=O) groups excluding carboxylic acids is 2. The molecule has 0 aromatic carbocycles. The molecule has 0 saturated carbocycles. The Balaban J connectivity index is 1.75. The summed E-state index contributed by atoms with van der Waals surface area (Å²) >= 11 is 3.29. The van der Waals surface area contributed by atoms with Crippen LogP contribution >= 0.6 is 23.1 Å². The molecule has 1 aromatic rings. The van der Waals surface area contributed by atoms with E-state index in [9.17, 15) is 9.59 Å². The van der Waals surface area contributed by atoms with Crippen molar-refractivity contribution >= 4 is 34.9 Å². The van der Waals surface area contributed by atoms with Gasteiger partial charge in [0.05, 0.1) is 10.8 Å². The molecule has 1 saturated heterocycles. The average molecular weight is 367 g/mol. The van der Waals surface area contributed by atoms with Gasteiger partial charge in [-0.2, -0.15) is 0 Å². The second-order valence-electron chi connectivity index (χ2n) is 7.65. The van der Waals surface area contributed by atoms with Gasteiger partial charge in [-0.15, -0.1) is 23.1 Å². The molecule has 1 aliphatic carbocycles. The second kappa shape index (κ2) is 7.08. The average Bonchev–Trinajstić information content (AvgIpc) is 3.08. The van der Waals surface area contributed by atoms with Gasteiger partial charge in [-0.1, -0.05) is 6.42 Å². The largest absolute Gasteiger partial charge is 0.350 e. The van der Waals surface area contributed by atoms with Gasteiger partial charge in [0.1, 0.15) is 6.04 Å². The summed E-state index contributed by atoms with van der Waals surface area (Å²) in [6.07, 6.45) is 5.89. The number of thiophene rings is 1. The monoisotopic (exact) mass is 366 g/mol. The minimum absolute atomic E-state index is 0.0205. The van der Waals surface area contributed by atoms with Crippen LogP contribution in [0.2, 0.25) is 0 Å². The summed E-state index contributed by atoms with van der Waals surface area (Å²) in [5, 5.41) is 3.01. The summed E-state index contributed by atoms with van der Waals surface area (Å²) in [6.45, 7) is 5.90. The van der Waals surface area contributed by atoms with E-state index in [4.69, 9.17) is 0 Å². The summed E-state index contributed by atoms with van der Waals surface area (Å²) in [5.74, 6) is 1.26. The molecule has 1 N–H and O–H groups in total. The number of hydrogen-bond donors (Lipinski definition) is 1. The lowest BCUT2D eigenvalue weighted by Crippen LogP contribution is -2.52. The van der Waals surface area contributed by atoms with Crippen LogP contribution < -0.4 is 5.32 Å². The fourth-order valence-corrected chi connectivity index (χ4v) is 5.59. The molecule has 4 nitrogen and oxygen atoms in total. The van der Waals surface area contributed by atoms with Crippen LogP contribution in [0.5, 0.6) is 0 Å². The van der Waals surface area contributed by atoms with E-state index in [1.54, 1.807) is 28.0 Å². The quantitative estimate of drug-likeness (QED) is 0.816. The van der Waals surface area contributed by atoms with Crippen molar-refractivity contribution in [3.63, 3.8) is 0 Å². The summed E-state index contributed by atoms with van der Waals surface area (Å²) in [5.41, 5.74) is 1.07. The number of fused-ring (bicyclic) bond motifs is 1. The van der Waals surface area contributed by atoms with Crippen molar-refractivity contribution in [3.8, 4) is 0 Å². The molecule has 132 valence electrons. The third-order valence-corrected chi connectivity index (χ3v) is 6.64. The Hall–Kier alpha value is -1.01. The number of rotatable bonds is 2. The van der Waals surface area contributed by atoms with E-state index in [1.165, 1.54) is 29.7 Å². The van der Waals surface area contributed by atoms with Crippen LogP contribution in [0.25, 0.3) is 0 Å². The molecular weight excluding hydrogens is 340 g/mol. The summed E-state index contributed by atoms with van der Waals surface area (Å²) in [4.78, 5) is 29.4. The van der Waals surface area contributed by atoms with E-state index in [0.717, 1.165) is 17.7 Å². The Morgan fingerprint density at radius 1 is 1.21 bits per heavy atom. The normalized spacial score (nSPS) is 21.3. The molecule has 1 unspecified atom stereocenters. The first-order chi connectivity index (χ1) is 11.3. The number of carbonyl (C=O) groups is 2. The number of nitrogens with zero attached hydrogens (tertiary/aromatic N) is 1. The highest BCUT2D eigenvalue weighted by Gasteiger charge is 2.37. The molecule has 2 amide bonds. The molecule has 3 rings (SSSR count). The van der Waals surface area contributed by atoms with Crippen molar-refractivity contribution in [2.45, 2.75) is 64.5 Å². The van der Waals surface area contributed by atoms with Gasteiger partial charge in [-0.25, -0.2) is 0 Å². The number of thioether (sulfide) groups is 1. The number of nitrogens with one attached hydrogen (secondary N) is 1. The molecule has 0 radical (unpaired) electrons. The van der Waals surface area contributed by atoms with E-state index in [0.29, 0.717) is 11.6 Å². The zero-order chi connectivity index (χ0) is 17.3. The van der Waals surface area contributed by atoms with Crippen LogP contribution in [0.15, 0.2) is 6.07 Å². The molecule has 1 fully saturated rings. The molecule has 2 aliphatic rings. The van der Waals surface area contributed by atoms with Gasteiger partial charge in [-0.05, 0) is 58.1 Å². The van der Waals surface area contributed by atoms with Gasteiger partial charge < -0.3 is 10.2 Å². The smallest absolute Gasteiger partial charge is 0.265 e. The minimum Gasteiger partial charge on any atom is -0.350 e. The van der Waals surface area contributed by atoms with Crippen LogP contribution in [0, 0.1) is 0 Å². The standard InChI is InChI=1S/C18H26N2O2S2/c1-18(2,3)19-16(21)13-10-23-11-20(13)17(22)15-9-12-7-5-4-6-8-14(12)24-15/h9,13H,4-8,10-11H2,1-3H3,(H,19,21). The molecule has 24 heavy (non-hydrogen) atoms. The third-order valence-electron chi connectivity index (χ3n) is 4.40. The lowest BCUT2D eigenvalue weighted by Gasteiger charge is -2.27. The Morgan fingerprint density at radius 3 is 2.71 bits per heavy atom. The van der Waals surface area contributed by atoms with E-state index in [-0.39, 0.29) is 23.4 Å². The zero-order valence-electron chi connectivity index (χ0n) is 14.7. The lowest BCUT2D eigenvalue weighted by atomic mass is 10.1. The van der Waals surface area contributed by atoms with Gasteiger partial charge in [0.25, 0.3) is 5.91 Å². The van der Waals surface area contributed by atoms with Crippen LogP contribution in [-0.2, 0) is 17.6 Å². The van der Waals surface area contributed by atoms with Crippen LogP contribution in [0.4, 0.5) is 0 Å². The topological polar surface area (TPSA) is 49.4 Å². The van der Waals surface area contributed by atoms with Crippen molar-refractivity contribution in [2.75, 3.05) is 11.6 Å². The predicted octanol–water partition coefficient (Wildman–Crippen LogP) is 3.45. The highest BCUT2D eigenvalue weighted by molar-refractivity contribution is 7.99.